The second-order valence-electron chi connectivity index (χ2n) is 5.16. The number of allylic oxidation sites excluding steroid dienone is 1. The summed E-state index contributed by atoms with van der Waals surface area (Å²) in [6.45, 7) is 4.43. The van der Waals surface area contributed by atoms with Crippen LogP contribution in [0.4, 0.5) is 0 Å². The van der Waals surface area contributed by atoms with Crippen LogP contribution in [0.15, 0.2) is 54.2 Å². The minimum Gasteiger partial charge on any atom is -0.477 e. The lowest BCUT2D eigenvalue weighted by Gasteiger charge is -2.09. The summed E-state index contributed by atoms with van der Waals surface area (Å²) in [5, 5.41) is 14.5. The fraction of sp³-hybridized carbons (Fsp3) is 0.235. The van der Waals surface area contributed by atoms with Crippen LogP contribution in [0.2, 0.25) is 0 Å². The molecule has 20 heavy (non-hydrogen) atoms. The minimum atomic E-state index is -0.917. The van der Waals surface area contributed by atoms with Crippen molar-refractivity contribution in [2.45, 2.75) is 20.4 Å². The van der Waals surface area contributed by atoms with E-state index in [1.807, 2.05) is 32.0 Å². The van der Waals surface area contributed by atoms with Crippen LogP contribution in [-0.4, -0.2) is 11.1 Å². The largest absolute Gasteiger partial charge is 0.477 e. The van der Waals surface area contributed by atoms with Crippen molar-refractivity contribution in [3.63, 3.8) is 0 Å². The highest BCUT2D eigenvalue weighted by molar-refractivity contribution is 5.86. The van der Waals surface area contributed by atoms with Gasteiger partial charge in [-0.05, 0) is 28.3 Å². The molecule has 0 saturated heterocycles. The second-order valence-corrected chi connectivity index (χ2v) is 5.16. The third-order valence-corrected chi connectivity index (χ3v) is 3.03. The number of rotatable bonds is 5. The van der Waals surface area contributed by atoms with Gasteiger partial charge >= 0.3 is 5.97 Å². The van der Waals surface area contributed by atoms with E-state index in [2.05, 4.69) is 29.6 Å². The van der Waals surface area contributed by atoms with Crippen molar-refractivity contribution in [2.75, 3.05) is 0 Å². The molecule has 0 atom stereocenters. The SMILES string of the molecule is CC(C)/C=C(\NCc1ccc2ccccc2c1)C(=O)O. The number of nitrogens with one attached hydrogen (secondary N) is 1. The summed E-state index contributed by atoms with van der Waals surface area (Å²) in [4.78, 5) is 11.1. The average Bonchev–Trinajstić information content (AvgIpc) is 2.42. The molecule has 0 aliphatic carbocycles. The van der Waals surface area contributed by atoms with Gasteiger partial charge in [0.05, 0.1) is 0 Å². The van der Waals surface area contributed by atoms with Crippen molar-refractivity contribution in [1.82, 2.24) is 5.32 Å². The second kappa shape index (κ2) is 6.24. The van der Waals surface area contributed by atoms with Crippen LogP contribution >= 0.6 is 0 Å². The fourth-order valence-corrected chi connectivity index (χ4v) is 2.09. The van der Waals surface area contributed by atoms with Crippen LogP contribution in [0.25, 0.3) is 10.8 Å². The molecule has 0 unspecified atom stereocenters. The van der Waals surface area contributed by atoms with Gasteiger partial charge in [-0.15, -0.1) is 0 Å². The van der Waals surface area contributed by atoms with Crippen LogP contribution in [-0.2, 0) is 11.3 Å². The number of hydrogen-bond acceptors (Lipinski definition) is 2. The number of carbonyl (C=O) groups is 1. The number of carboxylic acid groups (broad SMARTS) is 1. The maximum Gasteiger partial charge on any atom is 0.351 e. The molecule has 3 heteroatoms. The van der Waals surface area contributed by atoms with E-state index >= 15 is 0 Å². The molecule has 2 N–H and O–H groups in total. The Hall–Kier alpha value is -2.29. The van der Waals surface area contributed by atoms with E-state index < -0.39 is 5.97 Å². The molecule has 3 nitrogen and oxygen atoms in total. The molecular formula is C17H19NO2. The van der Waals surface area contributed by atoms with E-state index in [9.17, 15) is 4.79 Å². The summed E-state index contributed by atoms with van der Waals surface area (Å²) in [7, 11) is 0. The Balaban J connectivity index is 2.13. The predicted octanol–water partition coefficient (Wildman–Crippen LogP) is 3.55. The molecule has 0 fully saturated rings. The lowest BCUT2D eigenvalue weighted by molar-refractivity contribution is -0.133. The third kappa shape index (κ3) is 3.60. The van der Waals surface area contributed by atoms with Crippen LogP contribution in [0.5, 0.6) is 0 Å². The van der Waals surface area contributed by atoms with Gasteiger partial charge < -0.3 is 10.4 Å². The lowest BCUT2D eigenvalue weighted by Crippen LogP contribution is -2.20. The smallest absolute Gasteiger partial charge is 0.351 e. The highest BCUT2D eigenvalue weighted by atomic mass is 16.4. The van der Waals surface area contributed by atoms with Crippen LogP contribution in [0.1, 0.15) is 19.4 Å². The average molecular weight is 269 g/mol. The van der Waals surface area contributed by atoms with Crippen molar-refractivity contribution in [2.24, 2.45) is 5.92 Å². The molecule has 0 spiro atoms. The monoisotopic (exact) mass is 269 g/mol. The standard InChI is InChI=1S/C17H19NO2/c1-12(2)9-16(17(19)20)18-11-13-7-8-14-5-3-4-6-15(14)10-13/h3-10,12,18H,11H2,1-2H3,(H,19,20)/b16-9-. The van der Waals surface area contributed by atoms with Gasteiger partial charge in [0, 0.05) is 6.54 Å². The first-order valence-electron chi connectivity index (χ1n) is 6.73. The highest BCUT2D eigenvalue weighted by Crippen LogP contribution is 2.15. The molecule has 0 saturated carbocycles. The van der Waals surface area contributed by atoms with Crippen molar-refractivity contribution in [3.8, 4) is 0 Å². The molecule has 0 aromatic heterocycles. The van der Waals surface area contributed by atoms with Crippen LogP contribution < -0.4 is 5.32 Å². The van der Waals surface area contributed by atoms with Crippen LogP contribution in [0.3, 0.4) is 0 Å². The molecule has 0 bridgehead atoms. The Labute approximate surface area is 118 Å². The maximum atomic E-state index is 11.1. The first-order chi connectivity index (χ1) is 9.56. The molecule has 0 heterocycles. The number of fused-ring (bicyclic) bond motifs is 1. The molecule has 0 aliphatic heterocycles. The summed E-state index contributed by atoms with van der Waals surface area (Å²) in [6.07, 6.45) is 1.73. The Bertz CT molecular complexity index is 644. The zero-order valence-electron chi connectivity index (χ0n) is 11.8. The van der Waals surface area contributed by atoms with Gasteiger partial charge in [0.25, 0.3) is 0 Å². The Morgan fingerprint density at radius 1 is 1.20 bits per heavy atom. The maximum absolute atomic E-state index is 11.1. The molecule has 0 radical (unpaired) electrons. The normalized spacial score (nSPS) is 11.8. The summed E-state index contributed by atoms with van der Waals surface area (Å²) < 4.78 is 0. The van der Waals surface area contributed by atoms with Gasteiger partial charge in [0.15, 0.2) is 0 Å². The predicted molar refractivity (Wildman–Crippen MR) is 81.3 cm³/mol. The van der Waals surface area contributed by atoms with E-state index in [0.717, 1.165) is 10.9 Å². The van der Waals surface area contributed by atoms with Gasteiger partial charge in [-0.1, -0.05) is 56.3 Å². The quantitative estimate of drug-likeness (QED) is 0.816. The van der Waals surface area contributed by atoms with Crippen molar-refractivity contribution < 1.29 is 9.90 Å². The van der Waals surface area contributed by atoms with E-state index in [1.54, 1.807) is 6.08 Å². The number of carboxylic acids is 1. The summed E-state index contributed by atoms with van der Waals surface area (Å²) in [5.41, 5.74) is 1.33. The molecule has 0 aliphatic rings. The summed E-state index contributed by atoms with van der Waals surface area (Å²) >= 11 is 0. The first-order valence-corrected chi connectivity index (χ1v) is 6.73. The number of hydrogen-bond donors (Lipinski definition) is 2. The molecule has 2 aromatic rings. The topological polar surface area (TPSA) is 49.3 Å². The summed E-state index contributed by atoms with van der Waals surface area (Å²) in [6, 6.07) is 14.3. The van der Waals surface area contributed by atoms with Crippen molar-refractivity contribution >= 4 is 16.7 Å². The van der Waals surface area contributed by atoms with E-state index in [-0.39, 0.29) is 11.6 Å². The molecular weight excluding hydrogens is 250 g/mol. The highest BCUT2D eigenvalue weighted by Gasteiger charge is 2.07. The molecule has 0 amide bonds. The zero-order chi connectivity index (χ0) is 14.5. The van der Waals surface area contributed by atoms with Gasteiger partial charge in [0.1, 0.15) is 5.70 Å². The van der Waals surface area contributed by atoms with E-state index in [4.69, 9.17) is 5.11 Å². The third-order valence-electron chi connectivity index (χ3n) is 3.03. The Morgan fingerprint density at radius 2 is 1.90 bits per heavy atom. The van der Waals surface area contributed by atoms with Crippen molar-refractivity contribution in [1.29, 1.82) is 0 Å². The fourth-order valence-electron chi connectivity index (χ4n) is 2.09. The Morgan fingerprint density at radius 3 is 2.55 bits per heavy atom. The van der Waals surface area contributed by atoms with Gasteiger partial charge in [0.2, 0.25) is 0 Å². The number of benzene rings is 2. The zero-order valence-corrected chi connectivity index (χ0v) is 11.8. The van der Waals surface area contributed by atoms with Gasteiger partial charge in [-0.25, -0.2) is 4.79 Å². The molecule has 2 aromatic carbocycles. The van der Waals surface area contributed by atoms with E-state index in [1.165, 1.54) is 5.39 Å². The minimum absolute atomic E-state index is 0.199. The molecule has 104 valence electrons. The lowest BCUT2D eigenvalue weighted by atomic mass is 10.1. The van der Waals surface area contributed by atoms with Gasteiger partial charge in [-0.2, -0.15) is 0 Å². The number of aliphatic carboxylic acids is 1. The molecule has 2 rings (SSSR count). The van der Waals surface area contributed by atoms with Gasteiger partial charge in [-0.3, -0.25) is 0 Å². The first kappa shape index (κ1) is 14.1. The van der Waals surface area contributed by atoms with E-state index in [0.29, 0.717) is 6.54 Å². The van der Waals surface area contributed by atoms with Crippen LogP contribution in [0, 0.1) is 5.92 Å². The Kier molecular flexibility index (Phi) is 4.41. The summed E-state index contributed by atoms with van der Waals surface area (Å²) in [5.74, 6) is -0.718. The van der Waals surface area contributed by atoms with Crippen molar-refractivity contribution in [3.05, 3.63) is 59.8 Å².